The Hall–Kier alpha value is -4.38. The largest absolute Gasteiger partial charge is 0.507 e. The number of aromatic hydroxyl groups is 1. The van der Waals surface area contributed by atoms with Gasteiger partial charge in [-0.2, -0.15) is 0 Å². The number of benzene rings is 4. The fraction of sp³-hybridized carbons (Fsp3) is 0.250. The summed E-state index contributed by atoms with van der Waals surface area (Å²) in [6.45, 7) is 8.56. The van der Waals surface area contributed by atoms with Crippen LogP contribution in [-0.4, -0.2) is 11.0 Å². The van der Waals surface area contributed by atoms with Crippen molar-refractivity contribution in [2.24, 2.45) is 0 Å². The van der Waals surface area contributed by atoms with Crippen LogP contribution in [0, 0.1) is 12.7 Å². The van der Waals surface area contributed by atoms with E-state index in [9.17, 15) is 14.3 Å². The zero-order valence-electron chi connectivity index (χ0n) is 24.1. The number of carbonyl (C=O) groups excluding carboxylic acids is 1. The molecule has 2 N–H and O–H groups in total. The first-order valence-electron chi connectivity index (χ1n) is 14.2. The number of allylic oxidation sites excluding steroid dienone is 2. The fourth-order valence-electron chi connectivity index (χ4n) is 5.27. The molecule has 0 aromatic heterocycles. The second kappa shape index (κ2) is 12.0. The molecule has 1 aliphatic rings. The Balaban J connectivity index is 1.33. The molecule has 4 nitrogen and oxygen atoms in total. The van der Waals surface area contributed by atoms with Crippen LogP contribution in [0.4, 0.5) is 10.1 Å². The number of ether oxygens (including phenoxy) is 1. The van der Waals surface area contributed by atoms with Crippen molar-refractivity contribution in [3.05, 3.63) is 113 Å². The van der Waals surface area contributed by atoms with Crippen LogP contribution in [0.3, 0.4) is 0 Å². The second-order valence-electron chi connectivity index (χ2n) is 10.9. The van der Waals surface area contributed by atoms with Gasteiger partial charge in [0.1, 0.15) is 23.1 Å². The predicted molar refractivity (Wildman–Crippen MR) is 164 cm³/mol. The molecule has 0 radical (unpaired) electrons. The Labute approximate surface area is 241 Å². The van der Waals surface area contributed by atoms with Crippen molar-refractivity contribution < 1.29 is 19.0 Å². The lowest BCUT2D eigenvalue weighted by Gasteiger charge is -2.29. The van der Waals surface area contributed by atoms with Gasteiger partial charge in [-0.3, -0.25) is 4.79 Å². The van der Waals surface area contributed by atoms with Gasteiger partial charge < -0.3 is 15.2 Å². The molecule has 4 aromatic rings. The molecule has 0 heterocycles. The van der Waals surface area contributed by atoms with Crippen molar-refractivity contribution >= 4 is 17.2 Å². The van der Waals surface area contributed by atoms with Crippen LogP contribution in [0.15, 0.2) is 84.4 Å². The van der Waals surface area contributed by atoms with E-state index in [0.717, 1.165) is 42.6 Å². The number of halogens is 1. The summed E-state index contributed by atoms with van der Waals surface area (Å²) in [4.78, 5) is 13.1. The molecule has 5 rings (SSSR count). The van der Waals surface area contributed by atoms with Crippen molar-refractivity contribution in [2.75, 3.05) is 5.32 Å². The monoisotopic (exact) mass is 549 g/mol. The fourth-order valence-corrected chi connectivity index (χ4v) is 5.27. The summed E-state index contributed by atoms with van der Waals surface area (Å²) in [7, 11) is 0. The normalized spacial score (nSPS) is 13.8. The van der Waals surface area contributed by atoms with Crippen molar-refractivity contribution in [3.8, 4) is 28.4 Å². The van der Waals surface area contributed by atoms with Gasteiger partial charge in [0.2, 0.25) is 0 Å². The highest BCUT2D eigenvalue weighted by atomic mass is 19.1. The average Bonchev–Trinajstić information content (AvgIpc) is 2.93. The summed E-state index contributed by atoms with van der Waals surface area (Å²) >= 11 is 0. The highest BCUT2D eigenvalue weighted by Gasteiger charge is 2.25. The van der Waals surface area contributed by atoms with Gasteiger partial charge in [0.05, 0.1) is 0 Å². The van der Waals surface area contributed by atoms with E-state index in [-0.39, 0.29) is 17.5 Å². The van der Waals surface area contributed by atoms with Crippen LogP contribution in [0.2, 0.25) is 0 Å². The van der Waals surface area contributed by atoms with E-state index in [2.05, 4.69) is 45.1 Å². The van der Waals surface area contributed by atoms with Crippen LogP contribution >= 0.6 is 0 Å². The molecule has 1 amide bonds. The summed E-state index contributed by atoms with van der Waals surface area (Å²) in [5.74, 6) is 1.14. The van der Waals surface area contributed by atoms with E-state index >= 15 is 0 Å². The summed E-state index contributed by atoms with van der Waals surface area (Å²) in [6.07, 6.45) is 4.16. The van der Waals surface area contributed by atoms with Crippen LogP contribution in [0.25, 0.3) is 16.7 Å². The molecule has 0 spiro atoms. The highest BCUT2D eigenvalue weighted by molar-refractivity contribution is 6.04. The standard InChI is InChI=1S/C36H36FNO3/c1-5-22(2)24(4)32-21-31(16-9-23(32)3)41-30-17-12-27(13-18-30)36(40)38-29-19-33(25-7-6-8-25)35(34(39)20-29)26-10-14-28(37)15-11-26/h9-21,25,39H,5-8H2,1-4H3,(H,38,40)/b24-22-. The third-order valence-corrected chi connectivity index (χ3v) is 8.22. The molecule has 1 aliphatic carbocycles. The van der Waals surface area contributed by atoms with Gasteiger partial charge in [-0.05, 0) is 128 Å². The second-order valence-corrected chi connectivity index (χ2v) is 10.9. The minimum absolute atomic E-state index is 0.0664. The van der Waals surface area contributed by atoms with Gasteiger partial charge >= 0.3 is 0 Å². The SMILES string of the molecule is CC/C(C)=C(/C)c1cc(Oc2ccc(C(=O)Nc3cc(O)c(-c4ccc(F)cc4)c(C4CCC4)c3)cc2)ccc1C. The molecule has 1 fully saturated rings. The van der Waals surface area contributed by atoms with E-state index in [1.807, 2.05) is 12.1 Å². The molecule has 0 unspecified atom stereocenters. The number of rotatable bonds is 8. The third-order valence-electron chi connectivity index (χ3n) is 8.22. The number of phenols is 1. The Morgan fingerprint density at radius 2 is 1.63 bits per heavy atom. The molecule has 0 atom stereocenters. The van der Waals surface area contributed by atoms with Gasteiger partial charge in [0.15, 0.2) is 0 Å². The number of aryl methyl sites for hydroxylation is 1. The zero-order valence-corrected chi connectivity index (χ0v) is 24.1. The summed E-state index contributed by atoms with van der Waals surface area (Å²) < 4.78 is 19.6. The zero-order chi connectivity index (χ0) is 29.1. The van der Waals surface area contributed by atoms with Crippen LogP contribution in [0.1, 0.15) is 79.4 Å². The Bertz CT molecular complexity index is 1600. The lowest BCUT2D eigenvalue weighted by Crippen LogP contribution is -2.14. The van der Waals surface area contributed by atoms with Crippen LogP contribution in [-0.2, 0) is 0 Å². The van der Waals surface area contributed by atoms with Gasteiger partial charge in [0.25, 0.3) is 5.91 Å². The van der Waals surface area contributed by atoms with E-state index < -0.39 is 0 Å². The summed E-state index contributed by atoms with van der Waals surface area (Å²) in [5, 5.41) is 13.9. The number of hydrogen-bond acceptors (Lipinski definition) is 3. The van der Waals surface area contributed by atoms with Crippen molar-refractivity contribution in [1.29, 1.82) is 0 Å². The van der Waals surface area contributed by atoms with Crippen molar-refractivity contribution in [2.45, 2.75) is 59.3 Å². The molecule has 0 bridgehead atoms. The Morgan fingerprint density at radius 3 is 2.27 bits per heavy atom. The maximum absolute atomic E-state index is 13.5. The number of amides is 1. The molecule has 210 valence electrons. The van der Waals surface area contributed by atoms with E-state index in [1.54, 1.807) is 42.5 Å². The molecule has 41 heavy (non-hydrogen) atoms. The van der Waals surface area contributed by atoms with E-state index in [1.165, 1.54) is 34.4 Å². The highest BCUT2D eigenvalue weighted by Crippen LogP contribution is 2.46. The van der Waals surface area contributed by atoms with Gasteiger partial charge in [-0.15, -0.1) is 0 Å². The number of nitrogens with one attached hydrogen (secondary N) is 1. The number of carbonyl (C=O) groups is 1. The Kier molecular flexibility index (Phi) is 8.25. The van der Waals surface area contributed by atoms with Crippen LogP contribution < -0.4 is 10.1 Å². The third kappa shape index (κ3) is 6.19. The topological polar surface area (TPSA) is 58.6 Å². The number of anilines is 1. The first-order valence-corrected chi connectivity index (χ1v) is 14.2. The summed E-state index contributed by atoms with van der Waals surface area (Å²) in [6, 6.07) is 22.7. The molecule has 5 heteroatoms. The van der Waals surface area contributed by atoms with Crippen LogP contribution in [0.5, 0.6) is 17.2 Å². The molecule has 4 aromatic carbocycles. The van der Waals surface area contributed by atoms with E-state index in [4.69, 9.17) is 4.74 Å². The van der Waals surface area contributed by atoms with Crippen molar-refractivity contribution in [1.82, 2.24) is 0 Å². The number of hydrogen-bond donors (Lipinski definition) is 2. The quantitative estimate of drug-likeness (QED) is 0.230. The average molecular weight is 550 g/mol. The van der Waals surface area contributed by atoms with Gasteiger partial charge in [-0.25, -0.2) is 4.39 Å². The molecular formula is C36H36FNO3. The molecular weight excluding hydrogens is 513 g/mol. The lowest BCUT2D eigenvalue weighted by molar-refractivity contribution is 0.102. The molecule has 0 saturated heterocycles. The first-order chi connectivity index (χ1) is 19.7. The maximum Gasteiger partial charge on any atom is 0.255 e. The van der Waals surface area contributed by atoms with Crippen molar-refractivity contribution in [3.63, 3.8) is 0 Å². The minimum Gasteiger partial charge on any atom is -0.507 e. The smallest absolute Gasteiger partial charge is 0.255 e. The molecule has 0 aliphatic heterocycles. The predicted octanol–water partition coefficient (Wildman–Crippen LogP) is 10.0. The first kappa shape index (κ1) is 28.2. The summed E-state index contributed by atoms with van der Waals surface area (Å²) in [5.41, 5.74) is 8.41. The lowest BCUT2D eigenvalue weighted by atomic mass is 9.76. The van der Waals surface area contributed by atoms with Gasteiger partial charge in [-0.1, -0.05) is 37.1 Å². The van der Waals surface area contributed by atoms with E-state index in [0.29, 0.717) is 28.5 Å². The molecule has 1 saturated carbocycles. The number of phenolic OH excluding ortho intramolecular Hbond substituents is 1. The van der Waals surface area contributed by atoms with Gasteiger partial charge in [0, 0.05) is 22.9 Å². The minimum atomic E-state index is -0.323. The Morgan fingerprint density at radius 1 is 0.951 bits per heavy atom. The maximum atomic E-state index is 13.5.